The summed E-state index contributed by atoms with van der Waals surface area (Å²) >= 11 is 6.19. The van der Waals surface area contributed by atoms with Crippen molar-refractivity contribution in [3.8, 4) is 0 Å². The molecule has 2 fully saturated rings. The third-order valence-electron chi connectivity index (χ3n) is 6.91. The van der Waals surface area contributed by atoms with Gasteiger partial charge in [-0.2, -0.15) is 4.98 Å². The third kappa shape index (κ3) is 4.51. The Morgan fingerprint density at radius 3 is 2.75 bits per heavy atom. The molecule has 172 valence electrons. The minimum absolute atomic E-state index is 0.168. The summed E-state index contributed by atoms with van der Waals surface area (Å²) in [7, 11) is 0.870. The lowest BCUT2D eigenvalue weighted by Crippen LogP contribution is -2.46. The number of aryl methyl sites for hydroxylation is 1. The van der Waals surface area contributed by atoms with Crippen LogP contribution in [0.25, 0.3) is 0 Å². The summed E-state index contributed by atoms with van der Waals surface area (Å²) in [6.07, 6.45) is 3.97. The lowest BCUT2D eigenvalue weighted by atomic mass is 9.89. The van der Waals surface area contributed by atoms with Gasteiger partial charge in [0.1, 0.15) is 16.9 Å². The average molecular weight is 476 g/mol. The Morgan fingerprint density at radius 1 is 1.19 bits per heavy atom. The molecule has 0 saturated carbocycles. The number of piperidine rings is 2. The lowest BCUT2D eigenvalue weighted by molar-refractivity contribution is -0.00958. The number of nitrogens with zero attached hydrogens (tertiary/aromatic N) is 4. The lowest BCUT2D eigenvalue weighted by Gasteiger charge is -2.35. The van der Waals surface area contributed by atoms with E-state index in [4.69, 9.17) is 21.6 Å². The van der Waals surface area contributed by atoms with Crippen LogP contribution in [-0.4, -0.2) is 68.9 Å². The Kier molecular flexibility index (Phi) is 6.38. The van der Waals surface area contributed by atoms with Crippen LogP contribution in [0.1, 0.15) is 42.9 Å². The highest BCUT2D eigenvalue weighted by molar-refractivity contribution is 7.85. The van der Waals surface area contributed by atoms with Crippen molar-refractivity contribution >= 4 is 34.2 Å². The van der Waals surface area contributed by atoms with Crippen LogP contribution in [0.3, 0.4) is 0 Å². The maximum absolute atomic E-state index is 12.7. The first kappa shape index (κ1) is 22.1. The number of hydrogen-bond donors (Lipinski definition) is 2. The van der Waals surface area contributed by atoms with E-state index in [1.165, 1.54) is 5.56 Å². The number of fused-ring (bicyclic) bond motifs is 1. The van der Waals surface area contributed by atoms with E-state index in [0.717, 1.165) is 66.9 Å². The number of hydrogen-bond acceptors (Lipinski definition) is 7. The van der Waals surface area contributed by atoms with Crippen molar-refractivity contribution in [1.29, 1.82) is 0 Å². The second-order valence-corrected chi connectivity index (χ2v) is 11.0. The molecule has 5 rings (SSSR count). The van der Waals surface area contributed by atoms with Crippen LogP contribution in [0.15, 0.2) is 29.2 Å². The van der Waals surface area contributed by atoms with Crippen molar-refractivity contribution in [3.63, 3.8) is 0 Å². The zero-order valence-corrected chi connectivity index (χ0v) is 19.9. The predicted octanol–water partition coefficient (Wildman–Crippen LogP) is 3.00. The molecule has 0 radical (unpaired) electrons. The molecule has 2 saturated heterocycles. The number of halogens is 1. The highest BCUT2D eigenvalue weighted by Crippen LogP contribution is 2.34. The summed E-state index contributed by atoms with van der Waals surface area (Å²) in [5, 5.41) is 14.3. The molecule has 0 aliphatic carbocycles. The number of rotatable bonds is 4. The van der Waals surface area contributed by atoms with Gasteiger partial charge in [-0.25, -0.2) is 4.98 Å². The highest BCUT2D eigenvalue weighted by Gasteiger charge is 2.31. The van der Waals surface area contributed by atoms with Crippen LogP contribution in [0.2, 0.25) is 5.02 Å². The van der Waals surface area contributed by atoms with Crippen LogP contribution in [0.4, 0.5) is 11.8 Å². The number of nitrogens with one attached hydrogen (secondary N) is 1. The molecule has 2 aromatic rings. The van der Waals surface area contributed by atoms with Crippen molar-refractivity contribution in [1.82, 2.24) is 14.9 Å². The summed E-state index contributed by atoms with van der Waals surface area (Å²) in [5.41, 5.74) is 2.21. The zero-order chi connectivity index (χ0) is 22.2. The van der Waals surface area contributed by atoms with E-state index in [1.54, 1.807) is 0 Å². The fourth-order valence-corrected chi connectivity index (χ4v) is 6.55. The van der Waals surface area contributed by atoms with Gasteiger partial charge in [0.15, 0.2) is 0 Å². The van der Waals surface area contributed by atoms with Crippen LogP contribution in [-0.2, 0) is 17.2 Å². The molecule has 0 bridgehead atoms. The van der Waals surface area contributed by atoms with Gasteiger partial charge < -0.3 is 15.3 Å². The molecule has 7 nitrogen and oxygen atoms in total. The predicted molar refractivity (Wildman–Crippen MR) is 128 cm³/mol. The van der Waals surface area contributed by atoms with Crippen molar-refractivity contribution < 1.29 is 9.32 Å². The quantitative estimate of drug-likeness (QED) is 0.703. The molecule has 4 heterocycles. The number of benzene rings is 1. The summed E-state index contributed by atoms with van der Waals surface area (Å²) in [4.78, 5) is 14.7. The van der Waals surface area contributed by atoms with Crippen LogP contribution >= 0.6 is 11.6 Å². The first-order chi connectivity index (χ1) is 15.5. The number of aliphatic hydroxyl groups is 1. The Labute approximate surface area is 196 Å². The third-order valence-corrected chi connectivity index (χ3v) is 8.60. The minimum Gasteiger partial charge on any atom is -0.378 e. The van der Waals surface area contributed by atoms with Gasteiger partial charge in [-0.1, -0.05) is 23.7 Å². The van der Waals surface area contributed by atoms with Gasteiger partial charge in [0.2, 0.25) is 5.95 Å². The van der Waals surface area contributed by atoms with Crippen LogP contribution < -0.4 is 10.2 Å². The van der Waals surface area contributed by atoms with Gasteiger partial charge in [-0.3, -0.25) is 9.11 Å². The van der Waals surface area contributed by atoms with E-state index in [9.17, 15) is 9.32 Å². The van der Waals surface area contributed by atoms with E-state index in [2.05, 4.69) is 22.3 Å². The average Bonchev–Trinajstić information content (AvgIpc) is 3.17. The molecular weight excluding hydrogens is 446 g/mol. The molecule has 1 aromatic carbocycles. The van der Waals surface area contributed by atoms with Gasteiger partial charge in [0, 0.05) is 42.9 Å². The Bertz CT molecular complexity index is 1010. The topological polar surface area (TPSA) is 81.6 Å². The summed E-state index contributed by atoms with van der Waals surface area (Å²) in [5.74, 6) is 2.56. The van der Waals surface area contributed by atoms with E-state index >= 15 is 0 Å². The highest BCUT2D eigenvalue weighted by atomic mass is 35.5. The smallest absolute Gasteiger partial charge is 0.227 e. The molecule has 2 N–H and O–H groups in total. The molecule has 1 aromatic heterocycles. The summed E-state index contributed by atoms with van der Waals surface area (Å²) in [6.45, 7) is 2.50. The molecule has 32 heavy (non-hydrogen) atoms. The number of aliphatic hydroxyl groups excluding tert-OH is 1. The zero-order valence-electron chi connectivity index (χ0n) is 18.3. The van der Waals surface area contributed by atoms with E-state index < -0.39 is 17.0 Å². The maximum Gasteiger partial charge on any atom is 0.227 e. The monoisotopic (exact) mass is 475 g/mol. The SMILES string of the molecule is CN1C[C@@H](Nc2nc(N3CCC(c4cccc(Cl)c4)CC3)nc3c2S(=O)CC3)CCC1O. The Balaban J connectivity index is 1.34. The first-order valence-corrected chi connectivity index (χ1v) is 13.1. The molecular formula is C23H30ClN5O2S. The number of likely N-dealkylation sites (tertiary alicyclic amines) is 1. The van der Waals surface area contributed by atoms with Gasteiger partial charge >= 0.3 is 0 Å². The molecule has 3 atom stereocenters. The normalized spacial score (nSPS) is 26.8. The second kappa shape index (κ2) is 9.25. The maximum atomic E-state index is 12.7. The Hall–Kier alpha value is -1.74. The van der Waals surface area contributed by atoms with Crippen molar-refractivity contribution in [2.24, 2.45) is 0 Å². The fourth-order valence-electron chi connectivity index (χ4n) is 5.04. The Morgan fingerprint density at radius 2 is 2.00 bits per heavy atom. The minimum atomic E-state index is -1.06. The molecule has 0 amide bonds. The number of aromatic nitrogens is 2. The first-order valence-electron chi connectivity index (χ1n) is 11.4. The molecule has 2 unspecified atom stereocenters. The number of likely N-dealkylation sites (N-methyl/N-ethyl adjacent to an activating group) is 1. The van der Waals surface area contributed by atoms with E-state index in [0.29, 0.717) is 23.9 Å². The van der Waals surface area contributed by atoms with Gasteiger partial charge in [-0.15, -0.1) is 0 Å². The second-order valence-electron chi connectivity index (χ2n) is 9.10. The van der Waals surface area contributed by atoms with E-state index in [1.807, 2.05) is 24.1 Å². The number of anilines is 2. The van der Waals surface area contributed by atoms with E-state index in [-0.39, 0.29) is 6.04 Å². The van der Waals surface area contributed by atoms with Crippen molar-refractivity contribution in [2.75, 3.05) is 42.7 Å². The van der Waals surface area contributed by atoms with Crippen LogP contribution in [0.5, 0.6) is 0 Å². The molecule has 3 aliphatic rings. The van der Waals surface area contributed by atoms with Crippen molar-refractivity contribution in [3.05, 3.63) is 40.5 Å². The summed E-state index contributed by atoms with van der Waals surface area (Å²) in [6, 6.07) is 8.34. The summed E-state index contributed by atoms with van der Waals surface area (Å²) < 4.78 is 12.7. The molecule has 0 spiro atoms. The molecule has 3 aliphatic heterocycles. The standard InChI is InChI=1S/C23H30ClN5O2S/c1-28-14-18(5-6-20(28)30)25-22-21-19(9-12-32(21)31)26-23(27-22)29-10-7-15(8-11-29)16-3-2-4-17(24)13-16/h2-4,13,15,18,20,30H,5-12,14H2,1H3,(H,25,26,27)/t18-,20?,32?/m0/s1. The van der Waals surface area contributed by atoms with Gasteiger partial charge in [0.05, 0.1) is 16.5 Å². The fraction of sp³-hybridized carbons (Fsp3) is 0.565. The van der Waals surface area contributed by atoms with Crippen molar-refractivity contribution in [2.45, 2.75) is 55.2 Å². The van der Waals surface area contributed by atoms with Crippen LogP contribution in [0, 0.1) is 0 Å². The van der Waals surface area contributed by atoms with Gasteiger partial charge in [0.25, 0.3) is 0 Å². The molecule has 9 heteroatoms. The van der Waals surface area contributed by atoms with Gasteiger partial charge in [-0.05, 0) is 56.3 Å². The largest absolute Gasteiger partial charge is 0.378 e.